The highest BCUT2D eigenvalue weighted by atomic mass is 15.4. The second-order valence-corrected chi connectivity index (χ2v) is 6.21. The highest BCUT2D eigenvalue weighted by Gasteiger charge is 2.29. The zero-order chi connectivity index (χ0) is 16.4. The van der Waals surface area contributed by atoms with Crippen molar-refractivity contribution in [1.82, 2.24) is 29.9 Å². The molecule has 2 aromatic heterocycles. The summed E-state index contributed by atoms with van der Waals surface area (Å²) in [5, 5.41) is 8.65. The lowest BCUT2D eigenvalue weighted by Crippen LogP contribution is -2.24. The van der Waals surface area contributed by atoms with Crippen molar-refractivity contribution >= 4 is 0 Å². The van der Waals surface area contributed by atoms with Gasteiger partial charge >= 0.3 is 0 Å². The molecule has 24 heavy (non-hydrogen) atoms. The highest BCUT2D eigenvalue weighted by molar-refractivity contribution is 5.30. The van der Waals surface area contributed by atoms with E-state index in [2.05, 4.69) is 32.1 Å². The van der Waals surface area contributed by atoms with Crippen molar-refractivity contribution < 1.29 is 0 Å². The van der Waals surface area contributed by atoms with Crippen LogP contribution in [-0.4, -0.2) is 43.0 Å². The molecule has 0 N–H and O–H groups in total. The summed E-state index contributed by atoms with van der Waals surface area (Å²) in [5.41, 5.74) is 3.11. The first-order valence-electron chi connectivity index (χ1n) is 8.29. The van der Waals surface area contributed by atoms with Gasteiger partial charge in [0.2, 0.25) is 0 Å². The lowest BCUT2D eigenvalue weighted by Gasteiger charge is -2.22. The fourth-order valence-corrected chi connectivity index (χ4v) is 3.26. The summed E-state index contributed by atoms with van der Waals surface area (Å²) in [4.78, 5) is 11.1. The smallest absolute Gasteiger partial charge is 0.1000 e. The van der Waals surface area contributed by atoms with Crippen LogP contribution in [0.4, 0.5) is 0 Å². The minimum atomic E-state index is 0.240. The molecule has 0 bridgehead atoms. The van der Waals surface area contributed by atoms with Gasteiger partial charge in [-0.05, 0) is 32.0 Å². The number of para-hydroxylation sites is 1. The van der Waals surface area contributed by atoms with Crippen LogP contribution >= 0.6 is 0 Å². The maximum absolute atomic E-state index is 4.45. The molecule has 0 saturated carbocycles. The number of likely N-dealkylation sites (tertiary alicyclic amines) is 1. The molecule has 1 aromatic carbocycles. The molecule has 3 heterocycles. The van der Waals surface area contributed by atoms with Crippen molar-refractivity contribution in [1.29, 1.82) is 0 Å². The zero-order valence-electron chi connectivity index (χ0n) is 13.7. The van der Waals surface area contributed by atoms with E-state index in [1.54, 1.807) is 12.4 Å². The number of hydrogen-bond acceptors (Lipinski definition) is 5. The minimum Gasteiger partial charge on any atom is -0.294 e. The first-order valence-corrected chi connectivity index (χ1v) is 8.29. The third-order valence-corrected chi connectivity index (χ3v) is 4.73. The van der Waals surface area contributed by atoms with Crippen LogP contribution in [0.25, 0.3) is 5.69 Å². The Morgan fingerprint density at radius 3 is 2.83 bits per heavy atom. The summed E-state index contributed by atoms with van der Waals surface area (Å²) in [6, 6.07) is 10.3. The first kappa shape index (κ1) is 15.0. The van der Waals surface area contributed by atoms with Gasteiger partial charge in [-0.2, -0.15) is 0 Å². The Labute approximate surface area is 141 Å². The molecular formula is C18H20N6. The lowest BCUT2D eigenvalue weighted by atomic mass is 10.1. The van der Waals surface area contributed by atoms with Crippen molar-refractivity contribution in [3.63, 3.8) is 0 Å². The van der Waals surface area contributed by atoms with Gasteiger partial charge in [-0.15, -0.1) is 5.10 Å². The molecule has 0 aliphatic carbocycles. The van der Waals surface area contributed by atoms with Crippen LogP contribution in [0.15, 0.2) is 55.1 Å². The summed E-state index contributed by atoms with van der Waals surface area (Å²) in [5.74, 6) is 0.449. The first-order chi connectivity index (χ1) is 11.8. The van der Waals surface area contributed by atoms with E-state index in [4.69, 9.17) is 0 Å². The molecular weight excluding hydrogens is 300 g/mol. The Bertz CT molecular complexity index is 786. The molecule has 3 aromatic rings. The minimum absolute atomic E-state index is 0.240. The van der Waals surface area contributed by atoms with E-state index >= 15 is 0 Å². The Morgan fingerprint density at radius 1 is 1.17 bits per heavy atom. The van der Waals surface area contributed by atoms with Crippen LogP contribution in [0.1, 0.15) is 36.7 Å². The molecule has 6 nitrogen and oxygen atoms in total. The molecule has 1 fully saturated rings. The van der Waals surface area contributed by atoms with Gasteiger partial charge in [0, 0.05) is 31.1 Å². The van der Waals surface area contributed by atoms with Crippen LogP contribution < -0.4 is 0 Å². The Morgan fingerprint density at radius 2 is 2.04 bits per heavy atom. The maximum Gasteiger partial charge on any atom is 0.1000 e. The van der Waals surface area contributed by atoms with E-state index in [1.807, 2.05) is 47.4 Å². The van der Waals surface area contributed by atoms with Crippen molar-refractivity contribution in [3.05, 3.63) is 66.5 Å². The van der Waals surface area contributed by atoms with Gasteiger partial charge in [0.25, 0.3) is 0 Å². The van der Waals surface area contributed by atoms with Gasteiger partial charge in [0.15, 0.2) is 0 Å². The molecule has 4 rings (SSSR count). The van der Waals surface area contributed by atoms with E-state index in [0.717, 1.165) is 36.6 Å². The largest absolute Gasteiger partial charge is 0.294 e. The molecule has 6 heteroatoms. The van der Waals surface area contributed by atoms with Crippen LogP contribution in [0.2, 0.25) is 0 Å². The van der Waals surface area contributed by atoms with Crippen LogP contribution in [0.3, 0.4) is 0 Å². The number of hydrogen-bond donors (Lipinski definition) is 0. The van der Waals surface area contributed by atoms with Gasteiger partial charge < -0.3 is 0 Å². The van der Waals surface area contributed by atoms with E-state index in [0.29, 0.717) is 5.92 Å². The van der Waals surface area contributed by atoms with Gasteiger partial charge in [-0.1, -0.05) is 23.4 Å². The highest BCUT2D eigenvalue weighted by Crippen LogP contribution is 2.31. The SMILES string of the molecule is CC(c1cn(-c2ccccc2)nn1)N1CCC(c2cnccn2)C1. The molecule has 0 radical (unpaired) electrons. The summed E-state index contributed by atoms with van der Waals surface area (Å²) < 4.78 is 1.84. The third kappa shape index (κ3) is 2.92. The Balaban J connectivity index is 1.47. The Kier molecular flexibility index (Phi) is 4.04. The normalized spacial score (nSPS) is 19.5. The van der Waals surface area contributed by atoms with Crippen molar-refractivity contribution in [3.8, 4) is 5.69 Å². The summed E-state index contributed by atoms with van der Waals surface area (Å²) in [7, 11) is 0. The van der Waals surface area contributed by atoms with Crippen LogP contribution in [0, 0.1) is 0 Å². The Hall–Kier alpha value is -2.60. The molecule has 122 valence electrons. The second-order valence-electron chi connectivity index (χ2n) is 6.21. The number of nitrogens with zero attached hydrogens (tertiary/aromatic N) is 6. The lowest BCUT2D eigenvalue weighted by molar-refractivity contribution is 0.254. The predicted octanol–water partition coefficient (Wildman–Crippen LogP) is 2.61. The van der Waals surface area contributed by atoms with Crippen LogP contribution in [-0.2, 0) is 0 Å². The quantitative estimate of drug-likeness (QED) is 0.739. The standard InChI is InChI=1S/C18H20N6/c1-14(18-13-24(22-21-18)16-5-3-2-4-6-16)23-10-7-15(12-23)17-11-19-8-9-20-17/h2-6,8-9,11,13-15H,7,10,12H2,1H3. The average molecular weight is 320 g/mol. The monoisotopic (exact) mass is 320 g/mol. The van der Waals surface area contributed by atoms with Crippen molar-refractivity contribution in [2.75, 3.05) is 13.1 Å². The molecule has 1 aliphatic heterocycles. The van der Waals surface area contributed by atoms with E-state index < -0.39 is 0 Å². The number of aromatic nitrogens is 5. The van der Waals surface area contributed by atoms with Gasteiger partial charge in [-0.3, -0.25) is 14.9 Å². The number of benzene rings is 1. The second kappa shape index (κ2) is 6.49. The fraction of sp³-hybridized carbons (Fsp3) is 0.333. The fourth-order valence-electron chi connectivity index (χ4n) is 3.26. The van der Waals surface area contributed by atoms with Gasteiger partial charge in [0.05, 0.1) is 29.3 Å². The van der Waals surface area contributed by atoms with Gasteiger partial charge in [-0.25, -0.2) is 4.68 Å². The molecule has 2 atom stereocenters. The predicted molar refractivity (Wildman–Crippen MR) is 90.7 cm³/mol. The third-order valence-electron chi connectivity index (χ3n) is 4.73. The molecule has 0 spiro atoms. The number of rotatable bonds is 4. The van der Waals surface area contributed by atoms with E-state index in [1.165, 1.54) is 0 Å². The summed E-state index contributed by atoms with van der Waals surface area (Å²) >= 11 is 0. The molecule has 1 aliphatic rings. The summed E-state index contributed by atoms with van der Waals surface area (Å²) in [6.45, 7) is 4.22. The van der Waals surface area contributed by atoms with Crippen LogP contribution in [0.5, 0.6) is 0 Å². The topological polar surface area (TPSA) is 59.7 Å². The summed E-state index contributed by atoms with van der Waals surface area (Å²) in [6.07, 6.45) is 8.50. The molecule has 1 saturated heterocycles. The van der Waals surface area contributed by atoms with Gasteiger partial charge in [0.1, 0.15) is 0 Å². The maximum atomic E-state index is 4.45. The average Bonchev–Trinajstić information content (AvgIpc) is 3.33. The molecule has 0 amide bonds. The zero-order valence-corrected chi connectivity index (χ0v) is 13.7. The van der Waals surface area contributed by atoms with Crippen molar-refractivity contribution in [2.45, 2.75) is 25.3 Å². The molecule has 2 unspecified atom stereocenters. The van der Waals surface area contributed by atoms with E-state index in [9.17, 15) is 0 Å². The van der Waals surface area contributed by atoms with E-state index in [-0.39, 0.29) is 6.04 Å². The van der Waals surface area contributed by atoms with Crippen molar-refractivity contribution in [2.24, 2.45) is 0 Å².